The van der Waals surface area contributed by atoms with Gasteiger partial charge in [0.1, 0.15) is 5.75 Å². The second-order valence-corrected chi connectivity index (χ2v) is 3.38. The molecule has 2 rings (SSSR count). The van der Waals surface area contributed by atoms with Crippen LogP contribution in [0.4, 0.5) is 0 Å². The van der Waals surface area contributed by atoms with E-state index in [1.165, 1.54) is 0 Å². The third kappa shape index (κ3) is 1.83. The van der Waals surface area contributed by atoms with Gasteiger partial charge < -0.3 is 4.74 Å². The summed E-state index contributed by atoms with van der Waals surface area (Å²) in [4.78, 5) is 4.30. The fourth-order valence-electron chi connectivity index (χ4n) is 1.54. The molecule has 4 heteroatoms. The van der Waals surface area contributed by atoms with Crippen LogP contribution in [0.15, 0.2) is 24.5 Å². The van der Waals surface area contributed by atoms with Crippen molar-refractivity contribution in [3.63, 3.8) is 0 Å². The van der Waals surface area contributed by atoms with E-state index in [4.69, 9.17) is 4.74 Å². The van der Waals surface area contributed by atoms with Gasteiger partial charge in [-0.1, -0.05) is 0 Å². The van der Waals surface area contributed by atoms with Gasteiger partial charge in [0.15, 0.2) is 0 Å². The van der Waals surface area contributed by atoms with E-state index in [1.54, 1.807) is 18.0 Å². The van der Waals surface area contributed by atoms with Crippen LogP contribution in [0.2, 0.25) is 0 Å². The number of methoxy groups -OCH3 is 1. The lowest BCUT2D eigenvalue weighted by Crippen LogP contribution is -1.87. The lowest BCUT2D eigenvalue weighted by Gasteiger charge is -2.01. The van der Waals surface area contributed by atoms with Crippen molar-refractivity contribution in [3.05, 3.63) is 30.2 Å². The molecule has 0 aromatic carbocycles. The first kappa shape index (κ1) is 9.71. The first-order valence-corrected chi connectivity index (χ1v) is 4.71. The fraction of sp³-hybridized carbons (Fsp3) is 0.273. The minimum absolute atomic E-state index is 0.809. The molecule has 0 amide bonds. The van der Waals surface area contributed by atoms with Crippen LogP contribution in [0.3, 0.4) is 0 Å². The molecule has 0 aliphatic rings. The first-order valence-electron chi connectivity index (χ1n) is 4.71. The SMILES string of the molecule is COc1ccnc(-c2cn(C)nc2C)c1. The van der Waals surface area contributed by atoms with Gasteiger partial charge in [-0.15, -0.1) is 0 Å². The number of aryl methyl sites for hydroxylation is 2. The highest BCUT2D eigenvalue weighted by atomic mass is 16.5. The average Bonchev–Trinajstić information content (AvgIpc) is 2.58. The topological polar surface area (TPSA) is 39.9 Å². The second-order valence-electron chi connectivity index (χ2n) is 3.38. The maximum absolute atomic E-state index is 5.16. The van der Waals surface area contributed by atoms with Gasteiger partial charge in [0.25, 0.3) is 0 Å². The standard InChI is InChI=1S/C11H13N3O/c1-8-10(7-14(2)13-8)11-6-9(15-3)4-5-12-11/h4-7H,1-3H3. The minimum Gasteiger partial charge on any atom is -0.497 e. The van der Waals surface area contributed by atoms with Gasteiger partial charge in [0.05, 0.1) is 18.5 Å². The number of hydrogen-bond acceptors (Lipinski definition) is 3. The van der Waals surface area contributed by atoms with Gasteiger partial charge in [-0.25, -0.2) is 0 Å². The van der Waals surface area contributed by atoms with Gasteiger partial charge in [-0.2, -0.15) is 5.10 Å². The predicted molar refractivity (Wildman–Crippen MR) is 57.7 cm³/mol. The summed E-state index contributed by atoms with van der Waals surface area (Å²) in [5, 5.41) is 4.28. The Kier molecular flexibility index (Phi) is 2.41. The fourth-order valence-corrected chi connectivity index (χ4v) is 1.54. The summed E-state index contributed by atoms with van der Waals surface area (Å²) in [6.45, 7) is 1.97. The van der Waals surface area contributed by atoms with Crippen LogP contribution in [0.25, 0.3) is 11.3 Å². The Morgan fingerprint density at radius 1 is 1.40 bits per heavy atom. The summed E-state index contributed by atoms with van der Waals surface area (Å²) in [7, 11) is 3.55. The lowest BCUT2D eigenvalue weighted by molar-refractivity contribution is 0.414. The molecular formula is C11H13N3O. The number of pyridine rings is 1. The highest BCUT2D eigenvalue weighted by Crippen LogP contribution is 2.23. The molecule has 0 atom stereocenters. The molecule has 2 aromatic rings. The van der Waals surface area contributed by atoms with Gasteiger partial charge in [0.2, 0.25) is 0 Å². The third-order valence-corrected chi connectivity index (χ3v) is 2.26. The van der Waals surface area contributed by atoms with E-state index in [-0.39, 0.29) is 0 Å². The summed E-state index contributed by atoms with van der Waals surface area (Å²) < 4.78 is 6.94. The molecule has 0 N–H and O–H groups in total. The summed E-state index contributed by atoms with van der Waals surface area (Å²) >= 11 is 0. The zero-order chi connectivity index (χ0) is 10.8. The monoisotopic (exact) mass is 203 g/mol. The Morgan fingerprint density at radius 3 is 2.80 bits per heavy atom. The van der Waals surface area contributed by atoms with Crippen LogP contribution in [-0.2, 0) is 7.05 Å². The normalized spacial score (nSPS) is 10.3. The molecule has 0 saturated carbocycles. The molecule has 0 spiro atoms. The highest BCUT2D eigenvalue weighted by Gasteiger charge is 2.07. The molecule has 2 heterocycles. The van der Waals surface area contributed by atoms with Gasteiger partial charge >= 0.3 is 0 Å². The Labute approximate surface area is 88.5 Å². The molecule has 0 aliphatic carbocycles. The molecular weight excluding hydrogens is 190 g/mol. The van der Waals surface area contributed by atoms with Crippen molar-refractivity contribution >= 4 is 0 Å². The second kappa shape index (κ2) is 3.73. The van der Waals surface area contributed by atoms with Crippen molar-refractivity contribution in [3.8, 4) is 17.0 Å². The number of hydrogen-bond donors (Lipinski definition) is 0. The summed E-state index contributed by atoms with van der Waals surface area (Å²) in [6, 6.07) is 3.74. The van der Waals surface area contributed by atoms with Crippen LogP contribution in [-0.4, -0.2) is 21.9 Å². The Bertz CT molecular complexity index is 476. The third-order valence-electron chi connectivity index (χ3n) is 2.26. The van der Waals surface area contributed by atoms with Crippen LogP contribution in [0.1, 0.15) is 5.69 Å². The van der Waals surface area contributed by atoms with E-state index >= 15 is 0 Å². The maximum Gasteiger partial charge on any atom is 0.122 e. The smallest absolute Gasteiger partial charge is 0.122 e. The number of aromatic nitrogens is 3. The molecule has 0 unspecified atom stereocenters. The van der Waals surface area contributed by atoms with Crippen molar-refractivity contribution < 1.29 is 4.74 Å². The molecule has 0 fully saturated rings. The molecule has 2 aromatic heterocycles. The van der Waals surface area contributed by atoms with Crippen molar-refractivity contribution in [2.24, 2.45) is 7.05 Å². The molecule has 0 aliphatic heterocycles. The maximum atomic E-state index is 5.16. The van der Waals surface area contributed by atoms with Gasteiger partial charge in [-0.05, 0) is 13.0 Å². The zero-order valence-electron chi connectivity index (χ0n) is 9.06. The lowest BCUT2D eigenvalue weighted by atomic mass is 10.2. The quantitative estimate of drug-likeness (QED) is 0.747. The number of ether oxygens (including phenoxy) is 1. The largest absolute Gasteiger partial charge is 0.497 e. The van der Waals surface area contributed by atoms with Crippen LogP contribution >= 0.6 is 0 Å². The highest BCUT2D eigenvalue weighted by molar-refractivity contribution is 5.62. The Morgan fingerprint density at radius 2 is 2.20 bits per heavy atom. The van der Waals surface area contributed by atoms with Gasteiger partial charge in [0, 0.05) is 31.1 Å². The van der Waals surface area contributed by atoms with E-state index in [0.29, 0.717) is 0 Å². The first-order chi connectivity index (χ1) is 7.20. The number of nitrogens with zero attached hydrogens (tertiary/aromatic N) is 3. The van der Waals surface area contributed by atoms with E-state index in [2.05, 4.69) is 10.1 Å². The van der Waals surface area contributed by atoms with Gasteiger partial charge in [-0.3, -0.25) is 9.67 Å². The van der Waals surface area contributed by atoms with E-state index in [1.807, 2.05) is 32.3 Å². The minimum atomic E-state index is 0.809. The molecule has 0 saturated heterocycles. The summed E-state index contributed by atoms with van der Waals surface area (Å²) in [5.41, 5.74) is 2.90. The van der Waals surface area contributed by atoms with E-state index in [0.717, 1.165) is 22.7 Å². The summed E-state index contributed by atoms with van der Waals surface area (Å²) in [6.07, 6.45) is 3.69. The van der Waals surface area contributed by atoms with Crippen LogP contribution in [0.5, 0.6) is 5.75 Å². The Balaban J connectivity index is 2.49. The predicted octanol–water partition coefficient (Wildman–Crippen LogP) is 1.80. The average molecular weight is 203 g/mol. The van der Waals surface area contributed by atoms with Crippen LogP contribution < -0.4 is 4.74 Å². The van der Waals surface area contributed by atoms with Crippen molar-refractivity contribution in [1.82, 2.24) is 14.8 Å². The van der Waals surface area contributed by atoms with E-state index in [9.17, 15) is 0 Å². The molecule has 4 nitrogen and oxygen atoms in total. The van der Waals surface area contributed by atoms with Crippen molar-refractivity contribution in [2.45, 2.75) is 6.92 Å². The molecule has 0 radical (unpaired) electrons. The molecule has 0 bridgehead atoms. The Hall–Kier alpha value is -1.84. The van der Waals surface area contributed by atoms with Crippen molar-refractivity contribution in [2.75, 3.05) is 7.11 Å². The molecule has 78 valence electrons. The summed E-state index contributed by atoms with van der Waals surface area (Å²) in [5.74, 6) is 0.809. The van der Waals surface area contributed by atoms with E-state index < -0.39 is 0 Å². The van der Waals surface area contributed by atoms with Crippen molar-refractivity contribution in [1.29, 1.82) is 0 Å². The van der Waals surface area contributed by atoms with Crippen LogP contribution in [0, 0.1) is 6.92 Å². The molecule has 15 heavy (non-hydrogen) atoms. The number of rotatable bonds is 2. The zero-order valence-corrected chi connectivity index (χ0v) is 9.06.